The highest BCUT2D eigenvalue weighted by Crippen LogP contribution is 2.23. The Morgan fingerprint density at radius 1 is 1.55 bits per heavy atom. The Morgan fingerprint density at radius 3 is 2.95 bits per heavy atom. The molecule has 0 bridgehead atoms. The quantitative estimate of drug-likeness (QED) is 0.835. The molecule has 22 heavy (non-hydrogen) atoms. The van der Waals surface area contributed by atoms with E-state index in [1.54, 1.807) is 0 Å². The molecule has 1 aliphatic heterocycles. The SMILES string of the molecule is Cc1ccc(CNC(=O)C(C)CN)c(OC2CCOC2)c1.Cl. The number of carbonyl (C=O) groups is 1. The predicted octanol–water partition coefficient (Wildman–Crippen LogP) is 1.80. The first-order valence-corrected chi connectivity index (χ1v) is 7.42. The fraction of sp³-hybridized carbons (Fsp3) is 0.562. The van der Waals surface area contributed by atoms with Gasteiger partial charge in [0.05, 0.1) is 13.2 Å². The second-order valence-electron chi connectivity index (χ2n) is 5.57. The van der Waals surface area contributed by atoms with Crippen LogP contribution in [-0.4, -0.2) is 31.8 Å². The molecule has 0 saturated carbocycles. The van der Waals surface area contributed by atoms with Gasteiger partial charge in [0.15, 0.2) is 0 Å². The van der Waals surface area contributed by atoms with Gasteiger partial charge in [-0.15, -0.1) is 12.4 Å². The summed E-state index contributed by atoms with van der Waals surface area (Å²) in [7, 11) is 0. The lowest BCUT2D eigenvalue weighted by Gasteiger charge is -2.17. The molecule has 0 aromatic heterocycles. The lowest BCUT2D eigenvalue weighted by Crippen LogP contribution is -2.33. The van der Waals surface area contributed by atoms with Crippen LogP contribution in [0.25, 0.3) is 0 Å². The first-order chi connectivity index (χ1) is 10.1. The van der Waals surface area contributed by atoms with Crippen LogP contribution in [-0.2, 0) is 16.1 Å². The van der Waals surface area contributed by atoms with E-state index in [1.807, 2.05) is 32.0 Å². The van der Waals surface area contributed by atoms with Gasteiger partial charge in [-0.25, -0.2) is 0 Å². The van der Waals surface area contributed by atoms with E-state index in [9.17, 15) is 4.79 Å². The molecule has 1 heterocycles. The summed E-state index contributed by atoms with van der Waals surface area (Å²) in [6.07, 6.45) is 1.01. The van der Waals surface area contributed by atoms with E-state index in [0.717, 1.165) is 29.9 Å². The maximum absolute atomic E-state index is 11.8. The van der Waals surface area contributed by atoms with Crippen molar-refractivity contribution >= 4 is 18.3 Å². The zero-order chi connectivity index (χ0) is 15.2. The third-order valence-corrected chi connectivity index (χ3v) is 3.66. The van der Waals surface area contributed by atoms with E-state index < -0.39 is 0 Å². The van der Waals surface area contributed by atoms with Crippen molar-refractivity contribution in [2.24, 2.45) is 11.7 Å². The van der Waals surface area contributed by atoms with Gasteiger partial charge in [-0.05, 0) is 18.6 Å². The maximum atomic E-state index is 11.8. The molecule has 0 aliphatic carbocycles. The van der Waals surface area contributed by atoms with Gasteiger partial charge in [0.1, 0.15) is 11.9 Å². The summed E-state index contributed by atoms with van der Waals surface area (Å²) in [6, 6.07) is 6.02. The molecule has 2 rings (SSSR count). The Balaban J connectivity index is 0.00000242. The lowest BCUT2D eigenvalue weighted by molar-refractivity contribution is -0.124. The van der Waals surface area contributed by atoms with Crippen LogP contribution in [0.3, 0.4) is 0 Å². The summed E-state index contributed by atoms with van der Waals surface area (Å²) in [5, 5.41) is 2.90. The van der Waals surface area contributed by atoms with Gasteiger partial charge < -0.3 is 20.5 Å². The van der Waals surface area contributed by atoms with Gasteiger partial charge in [0.2, 0.25) is 5.91 Å². The van der Waals surface area contributed by atoms with E-state index in [2.05, 4.69) is 5.32 Å². The van der Waals surface area contributed by atoms with Crippen LogP contribution >= 0.6 is 12.4 Å². The summed E-state index contributed by atoms with van der Waals surface area (Å²) in [5.74, 6) is 0.613. The monoisotopic (exact) mass is 328 g/mol. The summed E-state index contributed by atoms with van der Waals surface area (Å²) >= 11 is 0. The lowest BCUT2D eigenvalue weighted by atomic mass is 10.1. The Hall–Kier alpha value is -1.30. The number of carbonyl (C=O) groups excluding carboxylic acids is 1. The zero-order valence-corrected chi connectivity index (χ0v) is 13.9. The highest BCUT2D eigenvalue weighted by atomic mass is 35.5. The van der Waals surface area contributed by atoms with Crippen LogP contribution in [0, 0.1) is 12.8 Å². The molecule has 2 atom stereocenters. The predicted molar refractivity (Wildman–Crippen MR) is 88.3 cm³/mol. The Labute approximate surface area is 138 Å². The standard InChI is InChI=1S/C16H24N2O3.ClH/c1-11-3-4-13(9-18-16(19)12(2)8-17)15(7-11)21-14-5-6-20-10-14;/h3-4,7,12,14H,5-6,8-10,17H2,1-2H3,(H,18,19);1H. The van der Waals surface area contributed by atoms with Gasteiger partial charge in [0.25, 0.3) is 0 Å². The minimum absolute atomic E-state index is 0. The number of ether oxygens (including phenoxy) is 2. The molecular weight excluding hydrogens is 304 g/mol. The molecule has 0 spiro atoms. The molecule has 6 heteroatoms. The smallest absolute Gasteiger partial charge is 0.224 e. The Bertz CT molecular complexity index is 490. The number of nitrogens with one attached hydrogen (secondary N) is 1. The molecule has 1 aliphatic rings. The molecule has 1 aromatic carbocycles. The summed E-state index contributed by atoms with van der Waals surface area (Å²) in [6.45, 7) is 6.02. The van der Waals surface area contributed by atoms with E-state index in [4.69, 9.17) is 15.2 Å². The van der Waals surface area contributed by atoms with Crippen molar-refractivity contribution in [2.75, 3.05) is 19.8 Å². The summed E-state index contributed by atoms with van der Waals surface area (Å²) in [5.41, 5.74) is 7.61. The van der Waals surface area contributed by atoms with Gasteiger partial charge in [0, 0.05) is 31.0 Å². The second kappa shape index (κ2) is 8.98. The number of hydrogen-bond donors (Lipinski definition) is 2. The minimum atomic E-state index is -0.178. The van der Waals surface area contributed by atoms with Gasteiger partial charge >= 0.3 is 0 Å². The fourth-order valence-electron chi connectivity index (χ4n) is 2.17. The van der Waals surface area contributed by atoms with E-state index in [0.29, 0.717) is 19.7 Å². The normalized spacial score (nSPS) is 18.4. The van der Waals surface area contributed by atoms with Crippen LogP contribution in [0.15, 0.2) is 18.2 Å². The molecule has 1 saturated heterocycles. The van der Waals surface area contributed by atoms with Crippen molar-refractivity contribution in [3.05, 3.63) is 29.3 Å². The summed E-state index contributed by atoms with van der Waals surface area (Å²) in [4.78, 5) is 11.8. The topological polar surface area (TPSA) is 73.6 Å². The maximum Gasteiger partial charge on any atom is 0.224 e. The Kier molecular flexibility index (Phi) is 7.65. The first-order valence-electron chi connectivity index (χ1n) is 7.42. The third kappa shape index (κ3) is 5.16. The zero-order valence-electron chi connectivity index (χ0n) is 13.1. The highest BCUT2D eigenvalue weighted by molar-refractivity contribution is 5.85. The molecule has 1 amide bonds. The number of hydrogen-bond acceptors (Lipinski definition) is 4. The van der Waals surface area contributed by atoms with E-state index >= 15 is 0 Å². The van der Waals surface area contributed by atoms with Crippen molar-refractivity contribution < 1.29 is 14.3 Å². The van der Waals surface area contributed by atoms with Crippen LogP contribution in [0.2, 0.25) is 0 Å². The molecular formula is C16H25ClN2O3. The average molecular weight is 329 g/mol. The molecule has 1 aromatic rings. The number of amides is 1. The van der Waals surface area contributed by atoms with Gasteiger partial charge in [-0.1, -0.05) is 19.1 Å². The summed E-state index contributed by atoms with van der Waals surface area (Å²) < 4.78 is 11.3. The number of halogens is 1. The molecule has 5 nitrogen and oxygen atoms in total. The van der Waals surface area contributed by atoms with Crippen molar-refractivity contribution in [3.63, 3.8) is 0 Å². The van der Waals surface area contributed by atoms with Crippen molar-refractivity contribution in [2.45, 2.75) is 32.9 Å². The molecule has 2 unspecified atom stereocenters. The van der Waals surface area contributed by atoms with Crippen LogP contribution in [0.5, 0.6) is 5.75 Å². The first kappa shape index (κ1) is 18.7. The van der Waals surface area contributed by atoms with Crippen LogP contribution in [0.4, 0.5) is 0 Å². The minimum Gasteiger partial charge on any atom is -0.488 e. The number of rotatable bonds is 6. The molecule has 0 radical (unpaired) electrons. The number of benzene rings is 1. The number of nitrogens with two attached hydrogens (primary N) is 1. The van der Waals surface area contributed by atoms with Gasteiger partial charge in [-0.2, -0.15) is 0 Å². The van der Waals surface area contributed by atoms with Crippen molar-refractivity contribution in [1.82, 2.24) is 5.32 Å². The third-order valence-electron chi connectivity index (χ3n) is 3.66. The molecule has 1 fully saturated rings. The van der Waals surface area contributed by atoms with Crippen LogP contribution < -0.4 is 15.8 Å². The molecule has 3 N–H and O–H groups in total. The largest absolute Gasteiger partial charge is 0.488 e. The Morgan fingerprint density at radius 2 is 2.32 bits per heavy atom. The molecule has 124 valence electrons. The number of aryl methyl sites for hydroxylation is 1. The van der Waals surface area contributed by atoms with E-state index in [1.165, 1.54) is 0 Å². The van der Waals surface area contributed by atoms with Crippen molar-refractivity contribution in [1.29, 1.82) is 0 Å². The second-order valence-corrected chi connectivity index (χ2v) is 5.57. The fourth-order valence-corrected chi connectivity index (χ4v) is 2.17. The highest BCUT2D eigenvalue weighted by Gasteiger charge is 2.19. The van der Waals surface area contributed by atoms with E-state index in [-0.39, 0.29) is 30.3 Å². The average Bonchev–Trinajstić information content (AvgIpc) is 2.98. The van der Waals surface area contributed by atoms with Gasteiger partial charge in [-0.3, -0.25) is 4.79 Å². The van der Waals surface area contributed by atoms with Crippen molar-refractivity contribution in [3.8, 4) is 5.75 Å². The van der Waals surface area contributed by atoms with Crippen LogP contribution in [0.1, 0.15) is 24.5 Å².